The summed E-state index contributed by atoms with van der Waals surface area (Å²) in [7, 11) is 1.89. The molecule has 0 bridgehead atoms. The topological polar surface area (TPSA) is 89.3 Å². The van der Waals surface area contributed by atoms with Gasteiger partial charge in [0, 0.05) is 49.6 Å². The van der Waals surface area contributed by atoms with E-state index < -0.39 is 0 Å². The van der Waals surface area contributed by atoms with Crippen molar-refractivity contribution >= 4 is 22.5 Å². The minimum absolute atomic E-state index is 0.0342. The highest BCUT2D eigenvalue weighted by atomic mass is 16.5. The number of quaternary nitrogens is 1. The molecule has 2 N–H and O–H groups in total. The molecular formula is C31H37N6O3+. The van der Waals surface area contributed by atoms with Gasteiger partial charge in [-0.25, -0.2) is 4.98 Å². The van der Waals surface area contributed by atoms with Crippen molar-refractivity contribution in [3.8, 4) is 16.9 Å². The molecule has 9 nitrogen and oxygen atoms in total. The summed E-state index contributed by atoms with van der Waals surface area (Å²) in [5.74, 6) is 1.79. The molecule has 2 aliphatic heterocycles. The van der Waals surface area contributed by atoms with Crippen LogP contribution in [0.2, 0.25) is 0 Å². The molecule has 0 atom stereocenters. The summed E-state index contributed by atoms with van der Waals surface area (Å²) < 4.78 is 13.7. The summed E-state index contributed by atoms with van der Waals surface area (Å²) in [6, 6.07) is 16.8. The van der Waals surface area contributed by atoms with Crippen LogP contribution in [0.1, 0.15) is 21.7 Å². The molecule has 2 fully saturated rings. The van der Waals surface area contributed by atoms with Crippen LogP contribution in [0.3, 0.4) is 0 Å². The highest BCUT2D eigenvalue weighted by Crippen LogP contribution is 2.38. The fourth-order valence-electron chi connectivity index (χ4n) is 5.70. The molecule has 9 heteroatoms. The van der Waals surface area contributed by atoms with Gasteiger partial charge in [0.05, 0.1) is 46.0 Å². The van der Waals surface area contributed by atoms with E-state index in [9.17, 15) is 4.79 Å². The Hall–Kier alpha value is -3.95. The number of hydrogen-bond donors (Lipinski definition) is 1. The van der Waals surface area contributed by atoms with E-state index in [0.717, 1.165) is 70.9 Å². The Morgan fingerprint density at radius 2 is 1.85 bits per heavy atom. The number of anilines is 1. The Labute approximate surface area is 234 Å². The number of benzene rings is 2. The fraction of sp³-hybridized carbons (Fsp3) is 0.387. The van der Waals surface area contributed by atoms with Gasteiger partial charge in [-0.3, -0.25) is 9.48 Å². The third-order valence-corrected chi connectivity index (χ3v) is 8.02. The SMILES string of the molecule is Cc1c(CCOc2ccc3ccccc3c2-c2ccnc(N3CC[NH2+]CC3)c2)c(C(=O)N2CCOCC2)nn1C. The lowest BCUT2D eigenvalue weighted by Crippen LogP contribution is -2.89. The van der Waals surface area contributed by atoms with E-state index in [1.54, 1.807) is 4.68 Å². The van der Waals surface area contributed by atoms with Crippen LogP contribution in [-0.4, -0.2) is 84.7 Å². The molecule has 6 rings (SSSR count). The van der Waals surface area contributed by atoms with Gasteiger partial charge in [0.1, 0.15) is 11.6 Å². The molecule has 40 heavy (non-hydrogen) atoms. The van der Waals surface area contributed by atoms with Crippen LogP contribution < -0.4 is 15.0 Å². The van der Waals surface area contributed by atoms with E-state index in [0.29, 0.717) is 45.0 Å². The minimum atomic E-state index is -0.0342. The van der Waals surface area contributed by atoms with Crippen molar-refractivity contribution in [1.29, 1.82) is 0 Å². The molecule has 2 aromatic carbocycles. The van der Waals surface area contributed by atoms with Crippen molar-refractivity contribution in [2.24, 2.45) is 7.05 Å². The molecular weight excluding hydrogens is 504 g/mol. The van der Waals surface area contributed by atoms with E-state index >= 15 is 0 Å². The lowest BCUT2D eigenvalue weighted by Gasteiger charge is -2.26. The summed E-state index contributed by atoms with van der Waals surface area (Å²) in [6.07, 6.45) is 2.49. The third-order valence-electron chi connectivity index (χ3n) is 8.02. The standard InChI is InChI=1S/C31H36N6O3/c1-22-25(30(34-35(22)2)31(38)37-16-19-39-20-17-37)10-18-40-27-8-7-23-5-3-4-6-26(23)29(27)24-9-11-33-28(21-24)36-14-12-32-13-15-36/h3-9,11,21,32H,10,12-20H2,1-2H3/p+1. The number of hydrogen-bond acceptors (Lipinski definition) is 6. The van der Waals surface area contributed by atoms with Crippen LogP contribution >= 0.6 is 0 Å². The predicted molar refractivity (Wildman–Crippen MR) is 155 cm³/mol. The molecule has 2 aromatic heterocycles. The van der Waals surface area contributed by atoms with Gasteiger partial charge in [-0.05, 0) is 41.5 Å². The van der Waals surface area contributed by atoms with Crippen LogP contribution in [0.5, 0.6) is 5.75 Å². The maximum absolute atomic E-state index is 13.3. The lowest BCUT2D eigenvalue weighted by molar-refractivity contribution is -0.655. The monoisotopic (exact) mass is 541 g/mol. The molecule has 0 unspecified atom stereocenters. The van der Waals surface area contributed by atoms with E-state index in [-0.39, 0.29) is 5.91 Å². The first-order valence-electron chi connectivity index (χ1n) is 14.2. The normalized spacial score (nSPS) is 15.9. The van der Waals surface area contributed by atoms with Crippen LogP contribution in [0, 0.1) is 6.92 Å². The molecule has 4 heterocycles. The zero-order valence-electron chi connectivity index (χ0n) is 23.3. The highest BCUT2D eigenvalue weighted by molar-refractivity contribution is 6.00. The molecule has 2 aliphatic rings. The van der Waals surface area contributed by atoms with Crippen LogP contribution in [-0.2, 0) is 18.2 Å². The first-order chi connectivity index (χ1) is 19.6. The minimum Gasteiger partial charge on any atom is -0.493 e. The zero-order chi connectivity index (χ0) is 27.5. The maximum Gasteiger partial charge on any atom is 0.274 e. The first-order valence-corrected chi connectivity index (χ1v) is 14.2. The Morgan fingerprint density at radius 3 is 2.67 bits per heavy atom. The van der Waals surface area contributed by atoms with Crippen LogP contribution in [0.15, 0.2) is 54.7 Å². The van der Waals surface area contributed by atoms with Crippen molar-refractivity contribution in [2.75, 3.05) is 64.0 Å². The largest absolute Gasteiger partial charge is 0.493 e. The lowest BCUT2D eigenvalue weighted by atomic mass is 9.97. The van der Waals surface area contributed by atoms with Crippen molar-refractivity contribution in [3.63, 3.8) is 0 Å². The van der Waals surface area contributed by atoms with Gasteiger partial charge < -0.3 is 24.6 Å². The number of aromatic nitrogens is 3. The van der Waals surface area contributed by atoms with E-state index in [1.165, 1.54) is 0 Å². The Kier molecular flexibility index (Phi) is 7.66. The number of amides is 1. The summed E-state index contributed by atoms with van der Waals surface area (Å²) in [5.41, 5.74) is 4.60. The van der Waals surface area contributed by atoms with Gasteiger partial charge in [-0.1, -0.05) is 30.3 Å². The second-order valence-corrected chi connectivity index (χ2v) is 10.5. The number of rotatable bonds is 7. The predicted octanol–water partition coefficient (Wildman–Crippen LogP) is 2.42. The smallest absolute Gasteiger partial charge is 0.274 e. The molecule has 0 spiro atoms. The van der Waals surface area contributed by atoms with Crippen molar-refractivity contribution in [3.05, 3.63) is 71.7 Å². The summed E-state index contributed by atoms with van der Waals surface area (Å²) in [5, 5.41) is 9.24. The van der Waals surface area contributed by atoms with E-state index in [4.69, 9.17) is 14.5 Å². The summed E-state index contributed by atoms with van der Waals surface area (Å²) >= 11 is 0. The highest BCUT2D eigenvalue weighted by Gasteiger charge is 2.26. The fourth-order valence-corrected chi connectivity index (χ4v) is 5.70. The van der Waals surface area contributed by atoms with Crippen molar-refractivity contribution in [2.45, 2.75) is 13.3 Å². The van der Waals surface area contributed by atoms with Gasteiger partial charge in [0.2, 0.25) is 0 Å². The van der Waals surface area contributed by atoms with Gasteiger partial charge in [0.15, 0.2) is 5.69 Å². The molecule has 208 valence electrons. The Morgan fingerprint density at radius 1 is 1.05 bits per heavy atom. The average Bonchev–Trinajstić information content (AvgIpc) is 3.30. The Balaban J connectivity index is 1.28. The second-order valence-electron chi connectivity index (χ2n) is 10.5. The molecule has 2 saturated heterocycles. The molecule has 1 amide bonds. The first kappa shape index (κ1) is 26.3. The van der Waals surface area contributed by atoms with Crippen molar-refractivity contribution < 1.29 is 19.6 Å². The molecule has 0 saturated carbocycles. The zero-order valence-corrected chi connectivity index (χ0v) is 23.3. The second kappa shape index (κ2) is 11.7. The number of carbonyl (C=O) groups excluding carboxylic acids is 1. The van der Waals surface area contributed by atoms with E-state index in [1.807, 2.05) is 25.1 Å². The van der Waals surface area contributed by atoms with Crippen LogP contribution in [0.4, 0.5) is 5.82 Å². The summed E-state index contributed by atoms with van der Waals surface area (Å²) in [4.78, 5) is 22.2. The number of pyridine rings is 1. The number of carbonyl (C=O) groups is 1. The summed E-state index contributed by atoms with van der Waals surface area (Å²) in [6.45, 7) is 8.90. The number of nitrogens with two attached hydrogens (primary N) is 1. The maximum atomic E-state index is 13.3. The average molecular weight is 542 g/mol. The number of fused-ring (bicyclic) bond motifs is 1. The number of morpholine rings is 1. The molecule has 4 aromatic rings. The molecule has 0 radical (unpaired) electrons. The third kappa shape index (κ3) is 5.26. The van der Waals surface area contributed by atoms with Gasteiger partial charge >= 0.3 is 0 Å². The van der Waals surface area contributed by atoms with E-state index in [2.05, 4.69) is 63.8 Å². The van der Waals surface area contributed by atoms with Gasteiger partial charge in [-0.15, -0.1) is 0 Å². The van der Waals surface area contributed by atoms with Gasteiger partial charge in [0.25, 0.3) is 5.91 Å². The number of ether oxygens (including phenoxy) is 2. The Bertz CT molecular complexity index is 1500. The van der Waals surface area contributed by atoms with Crippen LogP contribution in [0.25, 0.3) is 21.9 Å². The quantitative estimate of drug-likeness (QED) is 0.387. The number of nitrogens with zero attached hydrogens (tertiary/aromatic N) is 5. The number of piperazine rings is 1. The van der Waals surface area contributed by atoms with Crippen molar-refractivity contribution in [1.82, 2.24) is 19.7 Å². The number of aryl methyl sites for hydroxylation is 1. The van der Waals surface area contributed by atoms with Gasteiger partial charge in [-0.2, -0.15) is 5.10 Å². The molecule has 0 aliphatic carbocycles.